The van der Waals surface area contributed by atoms with Crippen molar-refractivity contribution < 1.29 is 9.53 Å². The maximum atomic E-state index is 12.8. The van der Waals surface area contributed by atoms with Gasteiger partial charge in [0, 0.05) is 25.8 Å². The minimum atomic E-state index is -0.653. The third-order valence-electron chi connectivity index (χ3n) is 5.32. The number of ether oxygens (including phenoxy) is 1. The summed E-state index contributed by atoms with van der Waals surface area (Å²) < 4.78 is 5.35. The highest BCUT2D eigenvalue weighted by molar-refractivity contribution is 5.86. The highest BCUT2D eigenvalue weighted by atomic mass is 16.5. The Balaban J connectivity index is 1.70. The number of hydrogen-bond acceptors (Lipinski definition) is 3. The minimum absolute atomic E-state index is 0.199. The smallest absolute Gasteiger partial charge is 0.243 e. The number of amides is 1. The molecule has 108 valence electrons. The van der Waals surface area contributed by atoms with Crippen LogP contribution in [-0.2, 0) is 9.53 Å². The molecule has 0 aromatic carbocycles. The first-order valence-corrected chi connectivity index (χ1v) is 7.88. The largest absolute Gasteiger partial charge is 0.381 e. The molecule has 0 aromatic heterocycles. The molecule has 1 saturated carbocycles. The van der Waals surface area contributed by atoms with Gasteiger partial charge in [-0.1, -0.05) is 12.8 Å². The number of nitrogens with two attached hydrogens (primary N) is 1. The lowest BCUT2D eigenvalue weighted by molar-refractivity contribution is -0.142. The molecule has 3 rings (SSSR count). The van der Waals surface area contributed by atoms with Crippen LogP contribution in [0.3, 0.4) is 0 Å². The normalized spacial score (nSPS) is 31.8. The molecule has 2 aliphatic heterocycles. The average Bonchev–Trinajstić information content (AvgIpc) is 3.09. The Labute approximate surface area is 115 Å². The summed E-state index contributed by atoms with van der Waals surface area (Å²) in [6.45, 7) is 2.17. The number of carbonyl (C=O) groups is 1. The van der Waals surface area contributed by atoms with Crippen LogP contribution in [0, 0.1) is 5.92 Å². The molecule has 4 nitrogen and oxygen atoms in total. The Morgan fingerprint density at radius 1 is 1.11 bits per heavy atom. The Kier molecular flexibility index (Phi) is 3.81. The number of likely N-dealkylation sites (tertiary alicyclic amines) is 1. The first-order valence-electron chi connectivity index (χ1n) is 7.88. The van der Waals surface area contributed by atoms with Crippen molar-refractivity contribution in [2.24, 2.45) is 11.7 Å². The first-order chi connectivity index (χ1) is 9.21. The van der Waals surface area contributed by atoms with E-state index >= 15 is 0 Å². The van der Waals surface area contributed by atoms with Crippen molar-refractivity contribution in [3.05, 3.63) is 0 Å². The zero-order valence-corrected chi connectivity index (χ0v) is 11.8. The van der Waals surface area contributed by atoms with Crippen molar-refractivity contribution >= 4 is 5.91 Å². The highest BCUT2D eigenvalue weighted by Crippen LogP contribution is 2.37. The molecule has 2 saturated heterocycles. The van der Waals surface area contributed by atoms with Gasteiger partial charge in [0.05, 0.1) is 5.54 Å². The lowest BCUT2D eigenvalue weighted by Gasteiger charge is -2.39. The lowest BCUT2D eigenvalue weighted by atomic mass is 9.88. The SMILES string of the molecule is NC1(C(=O)N2CCCC2C2CCCC2)CCOCC1. The van der Waals surface area contributed by atoms with Gasteiger partial charge < -0.3 is 15.4 Å². The van der Waals surface area contributed by atoms with Crippen LogP contribution in [0.25, 0.3) is 0 Å². The second-order valence-corrected chi connectivity index (χ2v) is 6.52. The van der Waals surface area contributed by atoms with E-state index in [0.717, 1.165) is 18.9 Å². The van der Waals surface area contributed by atoms with Gasteiger partial charge in [0.15, 0.2) is 0 Å². The summed E-state index contributed by atoms with van der Waals surface area (Å²) in [5.41, 5.74) is 5.72. The number of hydrogen-bond donors (Lipinski definition) is 1. The van der Waals surface area contributed by atoms with Crippen molar-refractivity contribution in [1.29, 1.82) is 0 Å². The second-order valence-electron chi connectivity index (χ2n) is 6.52. The van der Waals surface area contributed by atoms with Gasteiger partial charge in [-0.05, 0) is 44.4 Å². The molecule has 1 aliphatic carbocycles. The molecule has 3 fully saturated rings. The van der Waals surface area contributed by atoms with Gasteiger partial charge in [-0.2, -0.15) is 0 Å². The summed E-state index contributed by atoms with van der Waals surface area (Å²) in [7, 11) is 0. The van der Waals surface area contributed by atoms with Gasteiger partial charge in [-0.3, -0.25) is 4.79 Å². The van der Waals surface area contributed by atoms with Gasteiger partial charge in [0.1, 0.15) is 0 Å². The van der Waals surface area contributed by atoms with Crippen LogP contribution < -0.4 is 5.73 Å². The summed E-state index contributed by atoms with van der Waals surface area (Å²) in [4.78, 5) is 15.0. The molecule has 0 bridgehead atoms. The molecule has 19 heavy (non-hydrogen) atoms. The van der Waals surface area contributed by atoms with Crippen LogP contribution in [0.15, 0.2) is 0 Å². The molecular formula is C15H26N2O2. The molecule has 0 aromatic rings. The van der Waals surface area contributed by atoms with Gasteiger partial charge >= 0.3 is 0 Å². The quantitative estimate of drug-likeness (QED) is 0.827. The standard InChI is InChI=1S/C15H26N2O2/c16-15(7-10-19-11-8-15)14(18)17-9-3-6-13(17)12-4-1-2-5-12/h12-13H,1-11,16H2. The molecular weight excluding hydrogens is 240 g/mol. The maximum Gasteiger partial charge on any atom is 0.243 e. The third-order valence-corrected chi connectivity index (χ3v) is 5.32. The molecule has 0 spiro atoms. The fourth-order valence-electron chi connectivity index (χ4n) is 4.11. The van der Waals surface area contributed by atoms with Crippen LogP contribution in [-0.4, -0.2) is 42.1 Å². The monoisotopic (exact) mass is 266 g/mol. The zero-order valence-electron chi connectivity index (χ0n) is 11.8. The van der Waals surface area contributed by atoms with Crippen molar-refractivity contribution in [2.45, 2.75) is 62.9 Å². The highest BCUT2D eigenvalue weighted by Gasteiger charge is 2.44. The maximum absolute atomic E-state index is 12.8. The van der Waals surface area contributed by atoms with Gasteiger partial charge in [0.2, 0.25) is 5.91 Å². The molecule has 1 unspecified atom stereocenters. The summed E-state index contributed by atoms with van der Waals surface area (Å²) in [5.74, 6) is 0.931. The van der Waals surface area contributed by atoms with Crippen molar-refractivity contribution in [2.75, 3.05) is 19.8 Å². The molecule has 4 heteroatoms. The Morgan fingerprint density at radius 3 is 2.47 bits per heavy atom. The second kappa shape index (κ2) is 5.41. The van der Waals surface area contributed by atoms with E-state index in [9.17, 15) is 4.79 Å². The average molecular weight is 266 g/mol. The van der Waals surface area contributed by atoms with Crippen LogP contribution in [0.2, 0.25) is 0 Å². The van der Waals surface area contributed by atoms with Crippen molar-refractivity contribution in [3.63, 3.8) is 0 Å². The predicted octanol–water partition coefficient (Wildman–Crippen LogP) is 1.68. The summed E-state index contributed by atoms with van der Waals surface area (Å²) in [6, 6.07) is 0.471. The van der Waals surface area contributed by atoms with Crippen LogP contribution in [0.4, 0.5) is 0 Å². The van der Waals surface area contributed by atoms with Crippen LogP contribution in [0.1, 0.15) is 51.4 Å². The number of carbonyl (C=O) groups excluding carboxylic acids is 1. The van der Waals surface area contributed by atoms with Crippen molar-refractivity contribution in [1.82, 2.24) is 4.90 Å². The summed E-state index contributed by atoms with van der Waals surface area (Å²) in [6.07, 6.45) is 8.97. The van der Waals surface area contributed by atoms with Gasteiger partial charge in [0.25, 0.3) is 0 Å². The van der Waals surface area contributed by atoms with E-state index in [2.05, 4.69) is 4.90 Å². The molecule has 0 radical (unpaired) electrons. The number of rotatable bonds is 2. The van der Waals surface area contributed by atoms with E-state index in [1.165, 1.54) is 32.1 Å². The van der Waals surface area contributed by atoms with E-state index in [1.54, 1.807) is 0 Å². The van der Waals surface area contributed by atoms with Crippen molar-refractivity contribution in [3.8, 4) is 0 Å². The van der Waals surface area contributed by atoms with E-state index in [1.807, 2.05) is 0 Å². The van der Waals surface area contributed by atoms with Crippen LogP contribution in [0.5, 0.6) is 0 Å². The minimum Gasteiger partial charge on any atom is -0.381 e. The van der Waals surface area contributed by atoms with Gasteiger partial charge in [-0.15, -0.1) is 0 Å². The Hall–Kier alpha value is -0.610. The van der Waals surface area contributed by atoms with Crippen LogP contribution >= 0.6 is 0 Å². The lowest BCUT2D eigenvalue weighted by Crippen LogP contribution is -2.59. The third kappa shape index (κ3) is 2.52. The van der Waals surface area contributed by atoms with E-state index in [-0.39, 0.29) is 5.91 Å². The van der Waals surface area contributed by atoms with Gasteiger partial charge in [-0.25, -0.2) is 0 Å². The fraction of sp³-hybridized carbons (Fsp3) is 0.933. The Morgan fingerprint density at radius 2 is 1.79 bits per heavy atom. The summed E-state index contributed by atoms with van der Waals surface area (Å²) in [5, 5.41) is 0. The zero-order chi connectivity index (χ0) is 13.3. The van der Waals surface area contributed by atoms with E-state index in [0.29, 0.717) is 32.1 Å². The fourth-order valence-corrected chi connectivity index (χ4v) is 4.11. The molecule has 2 N–H and O–H groups in total. The summed E-state index contributed by atoms with van der Waals surface area (Å²) >= 11 is 0. The topological polar surface area (TPSA) is 55.6 Å². The Bertz CT molecular complexity index is 333. The van der Waals surface area contributed by atoms with E-state index < -0.39 is 5.54 Å². The molecule has 2 heterocycles. The number of nitrogens with zero attached hydrogens (tertiary/aromatic N) is 1. The van der Waals surface area contributed by atoms with E-state index in [4.69, 9.17) is 10.5 Å². The molecule has 3 aliphatic rings. The predicted molar refractivity (Wildman–Crippen MR) is 73.7 cm³/mol. The molecule has 1 atom stereocenters. The first kappa shape index (κ1) is 13.4. The molecule has 1 amide bonds.